The van der Waals surface area contributed by atoms with E-state index < -0.39 is 0 Å². The number of amides is 1. The topological polar surface area (TPSA) is 75.9 Å². The molecule has 2 unspecified atom stereocenters. The highest BCUT2D eigenvalue weighted by atomic mass is 16.5. The molecule has 0 aliphatic carbocycles. The lowest BCUT2D eigenvalue weighted by atomic mass is 10.2. The van der Waals surface area contributed by atoms with E-state index in [0.29, 0.717) is 25.6 Å². The maximum absolute atomic E-state index is 12.0. The van der Waals surface area contributed by atoms with Crippen LogP contribution < -0.4 is 0 Å². The molecule has 0 bridgehead atoms. The van der Waals surface area contributed by atoms with Crippen molar-refractivity contribution in [2.24, 2.45) is 0 Å². The van der Waals surface area contributed by atoms with Crippen LogP contribution in [-0.2, 0) is 20.9 Å². The Morgan fingerprint density at radius 1 is 1.50 bits per heavy atom. The third-order valence-electron chi connectivity index (χ3n) is 4.36. The lowest BCUT2D eigenvalue weighted by Gasteiger charge is -2.27. The highest BCUT2D eigenvalue weighted by Crippen LogP contribution is 2.24. The van der Waals surface area contributed by atoms with E-state index >= 15 is 0 Å². The molecule has 22 heavy (non-hydrogen) atoms. The maximum Gasteiger partial charge on any atom is 0.323 e. The molecular weight excluding hydrogens is 286 g/mol. The molecule has 1 amide bonds. The van der Waals surface area contributed by atoms with Gasteiger partial charge in [-0.25, -0.2) is 4.98 Å². The van der Waals surface area contributed by atoms with Gasteiger partial charge in [-0.1, -0.05) is 0 Å². The molecule has 3 rings (SSSR count). The summed E-state index contributed by atoms with van der Waals surface area (Å²) in [6, 6.07) is -0.0686. The molecule has 2 fully saturated rings. The Kier molecular flexibility index (Phi) is 4.15. The fourth-order valence-corrected chi connectivity index (χ4v) is 3.24. The minimum Gasteiger partial charge on any atom is -0.464 e. The molecule has 0 radical (unpaired) electrons. The Hall–Kier alpha value is -1.89. The average Bonchev–Trinajstić information content (AvgIpc) is 3.16. The van der Waals surface area contributed by atoms with Gasteiger partial charge >= 0.3 is 5.97 Å². The van der Waals surface area contributed by atoms with Gasteiger partial charge in [-0.2, -0.15) is 0 Å². The minimum atomic E-state index is -0.150. The number of esters is 1. The Morgan fingerprint density at radius 2 is 2.32 bits per heavy atom. The van der Waals surface area contributed by atoms with Crippen molar-refractivity contribution in [3.05, 3.63) is 17.8 Å². The van der Waals surface area contributed by atoms with Crippen molar-refractivity contribution in [2.45, 2.75) is 45.3 Å². The van der Waals surface area contributed by atoms with Gasteiger partial charge < -0.3 is 14.1 Å². The van der Waals surface area contributed by atoms with Crippen LogP contribution in [0.15, 0.2) is 10.6 Å². The van der Waals surface area contributed by atoms with Crippen LogP contribution in [0, 0.1) is 6.92 Å². The number of likely N-dealkylation sites (tertiary alicyclic amines) is 1. The zero-order valence-corrected chi connectivity index (χ0v) is 12.9. The summed E-state index contributed by atoms with van der Waals surface area (Å²) in [5.74, 6) is 1.14. The van der Waals surface area contributed by atoms with Crippen LogP contribution >= 0.6 is 0 Å². The summed E-state index contributed by atoms with van der Waals surface area (Å²) < 4.78 is 10.5. The summed E-state index contributed by atoms with van der Waals surface area (Å²) in [7, 11) is 0. The molecule has 0 spiro atoms. The van der Waals surface area contributed by atoms with Gasteiger partial charge in [0.05, 0.1) is 19.3 Å². The summed E-state index contributed by atoms with van der Waals surface area (Å²) >= 11 is 0. The quantitative estimate of drug-likeness (QED) is 0.763. The van der Waals surface area contributed by atoms with Crippen LogP contribution in [0.2, 0.25) is 0 Å². The number of oxazole rings is 1. The van der Waals surface area contributed by atoms with Crippen LogP contribution in [-0.4, -0.2) is 58.4 Å². The monoisotopic (exact) mass is 307 g/mol. The van der Waals surface area contributed by atoms with E-state index in [2.05, 4.69) is 9.88 Å². The Morgan fingerprint density at radius 3 is 2.91 bits per heavy atom. The number of hydrogen-bond donors (Lipinski definition) is 0. The number of hydrogen-bond acceptors (Lipinski definition) is 6. The fourth-order valence-electron chi connectivity index (χ4n) is 3.24. The second-order valence-electron chi connectivity index (χ2n) is 5.92. The number of rotatable bonds is 4. The van der Waals surface area contributed by atoms with Crippen LogP contribution in [0.25, 0.3) is 0 Å². The van der Waals surface area contributed by atoms with Crippen LogP contribution in [0.4, 0.5) is 0 Å². The Labute approximate surface area is 129 Å². The van der Waals surface area contributed by atoms with E-state index in [9.17, 15) is 9.59 Å². The van der Waals surface area contributed by atoms with Crippen molar-refractivity contribution in [3.8, 4) is 0 Å². The van der Waals surface area contributed by atoms with E-state index in [-0.39, 0.29) is 24.0 Å². The molecular formula is C15H21N3O4. The van der Waals surface area contributed by atoms with E-state index in [4.69, 9.17) is 9.15 Å². The molecule has 0 N–H and O–H groups in total. The molecule has 2 aliphatic heterocycles. The average molecular weight is 307 g/mol. The zero-order chi connectivity index (χ0) is 15.7. The lowest BCUT2D eigenvalue weighted by molar-refractivity contribution is -0.142. The molecule has 1 aromatic heterocycles. The Balaban J connectivity index is 1.65. The first-order valence-corrected chi connectivity index (χ1v) is 7.64. The SMILES string of the molecule is CC(=O)N(Cc1ncc(C)o1)C1CCN(C2CCOC2=O)C1. The van der Waals surface area contributed by atoms with Crippen molar-refractivity contribution in [1.29, 1.82) is 0 Å². The first-order valence-electron chi connectivity index (χ1n) is 7.64. The number of aromatic nitrogens is 1. The first kappa shape index (κ1) is 15.0. The van der Waals surface area contributed by atoms with Gasteiger partial charge in [0, 0.05) is 32.5 Å². The van der Waals surface area contributed by atoms with E-state index in [0.717, 1.165) is 25.1 Å². The highest BCUT2D eigenvalue weighted by Gasteiger charge is 2.39. The van der Waals surface area contributed by atoms with E-state index in [1.165, 1.54) is 0 Å². The van der Waals surface area contributed by atoms with Crippen molar-refractivity contribution in [3.63, 3.8) is 0 Å². The molecule has 0 saturated carbocycles. The molecule has 120 valence electrons. The van der Waals surface area contributed by atoms with Gasteiger partial charge in [-0.15, -0.1) is 0 Å². The Bertz CT molecular complexity index is 571. The molecule has 7 heteroatoms. The van der Waals surface area contributed by atoms with Gasteiger partial charge in [-0.05, 0) is 13.3 Å². The van der Waals surface area contributed by atoms with Crippen molar-refractivity contribution in [1.82, 2.24) is 14.8 Å². The van der Waals surface area contributed by atoms with Crippen LogP contribution in [0.1, 0.15) is 31.4 Å². The molecule has 3 heterocycles. The summed E-state index contributed by atoms with van der Waals surface area (Å²) in [6.45, 7) is 5.76. The molecule has 7 nitrogen and oxygen atoms in total. The second kappa shape index (κ2) is 6.08. The number of nitrogens with zero attached hydrogens (tertiary/aromatic N) is 3. The number of carbonyl (C=O) groups is 2. The van der Waals surface area contributed by atoms with E-state index in [1.54, 1.807) is 18.0 Å². The number of cyclic esters (lactones) is 1. The summed E-state index contributed by atoms with van der Waals surface area (Å²) in [6.07, 6.45) is 3.25. The molecule has 0 aromatic carbocycles. The summed E-state index contributed by atoms with van der Waals surface area (Å²) in [4.78, 5) is 31.8. The van der Waals surface area contributed by atoms with Crippen molar-refractivity contribution >= 4 is 11.9 Å². The smallest absolute Gasteiger partial charge is 0.323 e. The normalized spacial score (nSPS) is 25.5. The lowest BCUT2D eigenvalue weighted by Crippen LogP contribution is -2.43. The largest absolute Gasteiger partial charge is 0.464 e. The van der Waals surface area contributed by atoms with Gasteiger partial charge in [0.2, 0.25) is 11.8 Å². The number of ether oxygens (including phenoxy) is 1. The highest BCUT2D eigenvalue weighted by molar-refractivity contribution is 5.77. The zero-order valence-electron chi connectivity index (χ0n) is 12.9. The van der Waals surface area contributed by atoms with Crippen LogP contribution in [0.3, 0.4) is 0 Å². The standard InChI is InChI=1S/C15H21N3O4/c1-10-7-16-14(22-10)9-18(11(2)19)12-3-5-17(8-12)13-4-6-21-15(13)20/h7,12-13H,3-6,8-9H2,1-2H3. The minimum absolute atomic E-state index is 0.00305. The third kappa shape index (κ3) is 2.99. The predicted octanol–water partition coefficient (Wildman–Crippen LogP) is 0.721. The van der Waals surface area contributed by atoms with Crippen molar-refractivity contribution < 1.29 is 18.7 Å². The van der Waals surface area contributed by atoms with Gasteiger partial charge in [0.1, 0.15) is 11.8 Å². The second-order valence-corrected chi connectivity index (χ2v) is 5.92. The molecule has 2 atom stereocenters. The van der Waals surface area contributed by atoms with Crippen LogP contribution in [0.5, 0.6) is 0 Å². The third-order valence-corrected chi connectivity index (χ3v) is 4.36. The van der Waals surface area contributed by atoms with E-state index in [1.807, 2.05) is 6.92 Å². The summed E-state index contributed by atoms with van der Waals surface area (Å²) in [5, 5.41) is 0. The van der Waals surface area contributed by atoms with Gasteiger partial charge in [-0.3, -0.25) is 14.5 Å². The predicted molar refractivity (Wildman–Crippen MR) is 76.8 cm³/mol. The molecule has 1 aromatic rings. The van der Waals surface area contributed by atoms with Gasteiger partial charge in [0.15, 0.2) is 0 Å². The van der Waals surface area contributed by atoms with Gasteiger partial charge in [0.25, 0.3) is 0 Å². The summed E-state index contributed by atoms with van der Waals surface area (Å²) in [5.41, 5.74) is 0. The fraction of sp³-hybridized carbons (Fsp3) is 0.667. The van der Waals surface area contributed by atoms with Crippen molar-refractivity contribution in [2.75, 3.05) is 19.7 Å². The molecule has 2 aliphatic rings. The first-order chi connectivity index (χ1) is 10.5. The number of aryl methyl sites for hydroxylation is 1. The maximum atomic E-state index is 12.0. The number of carbonyl (C=O) groups excluding carboxylic acids is 2. The molecule has 2 saturated heterocycles.